The fraction of sp³-hybridized carbons (Fsp3) is 0.438. The predicted octanol–water partition coefficient (Wildman–Crippen LogP) is 2.25. The van der Waals surface area contributed by atoms with Crippen LogP contribution in [0.3, 0.4) is 0 Å². The zero-order valence-electron chi connectivity index (χ0n) is 13.0. The third-order valence-corrected chi connectivity index (χ3v) is 5.81. The normalized spacial score (nSPS) is 16.6. The van der Waals surface area contributed by atoms with Crippen LogP contribution in [0.15, 0.2) is 34.9 Å². The topological polar surface area (TPSA) is 81.4 Å². The molecule has 0 saturated carbocycles. The summed E-state index contributed by atoms with van der Waals surface area (Å²) in [4.78, 5) is 4.34. The number of ether oxygens (including phenoxy) is 1. The van der Waals surface area contributed by atoms with E-state index in [9.17, 15) is 8.42 Å². The van der Waals surface area contributed by atoms with Crippen molar-refractivity contribution >= 4 is 10.0 Å². The van der Waals surface area contributed by atoms with E-state index in [0.717, 1.165) is 11.1 Å². The number of oxazole rings is 1. The number of nitrogens with zero attached hydrogens (tertiary/aromatic N) is 1. The maximum absolute atomic E-state index is 12.2. The van der Waals surface area contributed by atoms with Crippen molar-refractivity contribution < 1.29 is 17.6 Å². The van der Waals surface area contributed by atoms with E-state index in [-0.39, 0.29) is 11.8 Å². The second kappa shape index (κ2) is 6.82. The van der Waals surface area contributed by atoms with Gasteiger partial charge in [0.2, 0.25) is 15.9 Å². The van der Waals surface area contributed by atoms with Crippen molar-refractivity contribution in [1.29, 1.82) is 0 Å². The molecular formula is C16H20N2O4S. The first kappa shape index (κ1) is 16.2. The molecule has 0 radical (unpaired) electrons. The number of aryl methyl sites for hydroxylation is 1. The molecule has 6 nitrogen and oxygen atoms in total. The van der Waals surface area contributed by atoms with E-state index in [1.54, 1.807) is 0 Å². The highest BCUT2D eigenvalue weighted by atomic mass is 32.2. The van der Waals surface area contributed by atoms with Gasteiger partial charge in [0.1, 0.15) is 6.26 Å². The van der Waals surface area contributed by atoms with Gasteiger partial charge in [-0.3, -0.25) is 0 Å². The summed E-state index contributed by atoms with van der Waals surface area (Å²) in [5, 5.41) is -0.389. The third-order valence-electron chi connectivity index (χ3n) is 3.91. The molecule has 0 unspecified atom stereocenters. The van der Waals surface area contributed by atoms with Crippen LogP contribution in [-0.4, -0.2) is 31.9 Å². The van der Waals surface area contributed by atoms with E-state index in [1.807, 2.05) is 31.2 Å². The summed E-state index contributed by atoms with van der Waals surface area (Å²) in [6, 6.07) is 7.81. The summed E-state index contributed by atoms with van der Waals surface area (Å²) in [6.07, 6.45) is 2.55. The standard InChI is InChI=1S/C16H20N2O4S/c1-12-2-4-13(5-3-12)16-18-14(11-22-16)10-17-23(19,20)15-6-8-21-9-7-15/h2-5,11,15,17H,6-10H2,1H3. The summed E-state index contributed by atoms with van der Waals surface area (Å²) in [5.74, 6) is 0.491. The number of nitrogens with one attached hydrogen (secondary N) is 1. The molecule has 0 atom stereocenters. The molecule has 1 saturated heterocycles. The molecular weight excluding hydrogens is 316 g/mol. The second-order valence-electron chi connectivity index (χ2n) is 5.69. The van der Waals surface area contributed by atoms with E-state index >= 15 is 0 Å². The minimum Gasteiger partial charge on any atom is -0.444 e. The van der Waals surface area contributed by atoms with Crippen LogP contribution in [0.25, 0.3) is 11.5 Å². The monoisotopic (exact) mass is 336 g/mol. The molecule has 23 heavy (non-hydrogen) atoms. The Balaban J connectivity index is 1.64. The number of sulfonamides is 1. The van der Waals surface area contributed by atoms with Crippen molar-refractivity contribution in [1.82, 2.24) is 9.71 Å². The Morgan fingerprint density at radius 3 is 2.61 bits per heavy atom. The van der Waals surface area contributed by atoms with E-state index < -0.39 is 10.0 Å². The van der Waals surface area contributed by atoms with E-state index in [1.165, 1.54) is 6.26 Å². The van der Waals surface area contributed by atoms with Crippen LogP contribution in [0.5, 0.6) is 0 Å². The Bertz CT molecular complexity index is 747. The molecule has 124 valence electrons. The highest BCUT2D eigenvalue weighted by Gasteiger charge is 2.27. The summed E-state index contributed by atoms with van der Waals surface area (Å²) in [6.45, 7) is 3.13. The Hall–Kier alpha value is -1.70. The fourth-order valence-electron chi connectivity index (χ4n) is 2.50. The molecule has 2 aromatic rings. The molecule has 0 bridgehead atoms. The molecule has 1 N–H and O–H groups in total. The van der Waals surface area contributed by atoms with Gasteiger partial charge in [-0.25, -0.2) is 18.1 Å². The predicted molar refractivity (Wildman–Crippen MR) is 86.3 cm³/mol. The van der Waals surface area contributed by atoms with E-state index in [2.05, 4.69) is 9.71 Å². The molecule has 0 spiro atoms. The number of benzene rings is 1. The van der Waals surface area contributed by atoms with Crippen LogP contribution in [0.4, 0.5) is 0 Å². The first-order valence-electron chi connectivity index (χ1n) is 7.62. The molecule has 3 rings (SSSR count). The molecule has 1 aliphatic rings. The average Bonchev–Trinajstić information content (AvgIpc) is 3.04. The maximum Gasteiger partial charge on any atom is 0.226 e. The van der Waals surface area contributed by atoms with Crippen LogP contribution in [-0.2, 0) is 21.3 Å². The van der Waals surface area contributed by atoms with Gasteiger partial charge in [-0.1, -0.05) is 17.7 Å². The molecule has 1 fully saturated rings. The number of hydrogen-bond donors (Lipinski definition) is 1. The Morgan fingerprint density at radius 1 is 1.22 bits per heavy atom. The number of hydrogen-bond acceptors (Lipinski definition) is 5. The Kier molecular flexibility index (Phi) is 4.79. The van der Waals surface area contributed by atoms with Crippen LogP contribution in [0.1, 0.15) is 24.1 Å². The smallest absolute Gasteiger partial charge is 0.226 e. The molecule has 0 amide bonds. The minimum atomic E-state index is -3.35. The summed E-state index contributed by atoms with van der Waals surface area (Å²) >= 11 is 0. The van der Waals surface area contributed by atoms with Gasteiger partial charge in [0.05, 0.1) is 17.5 Å². The van der Waals surface area contributed by atoms with Crippen molar-refractivity contribution in [2.24, 2.45) is 0 Å². The van der Waals surface area contributed by atoms with Crippen molar-refractivity contribution in [3.63, 3.8) is 0 Å². The molecule has 1 aromatic carbocycles. The lowest BCUT2D eigenvalue weighted by Gasteiger charge is -2.22. The van der Waals surface area contributed by atoms with Crippen molar-refractivity contribution in [3.05, 3.63) is 41.8 Å². The van der Waals surface area contributed by atoms with Gasteiger partial charge < -0.3 is 9.15 Å². The van der Waals surface area contributed by atoms with Gasteiger partial charge in [0.25, 0.3) is 0 Å². The quantitative estimate of drug-likeness (QED) is 0.905. The van der Waals surface area contributed by atoms with Gasteiger partial charge >= 0.3 is 0 Å². The molecule has 1 aliphatic heterocycles. The van der Waals surface area contributed by atoms with Crippen LogP contribution in [0.2, 0.25) is 0 Å². The van der Waals surface area contributed by atoms with Crippen molar-refractivity contribution in [3.8, 4) is 11.5 Å². The second-order valence-corrected chi connectivity index (χ2v) is 7.73. The lowest BCUT2D eigenvalue weighted by atomic mass is 10.1. The van der Waals surface area contributed by atoms with Crippen LogP contribution in [0, 0.1) is 6.92 Å². The van der Waals surface area contributed by atoms with Crippen LogP contribution < -0.4 is 4.72 Å². The Labute approximate surface area is 135 Å². The summed E-state index contributed by atoms with van der Waals surface area (Å²) in [5.41, 5.74) is 2.59. The number of rotatable bonds is 5. The zero-order chi connectivity index (χ0) is 16.3. The zero-order valence-corrected chi connectivity index (χ0v) is 13.8. The largest absolute Gasteiger partial charge is 0.444 e. The minimum absolute atomic E-state index is 0.134. The summed E-state index contributed by atoms with van der Waals surface area (Å²) < 4.78 is 37.7. The summed E-state index contributed by atoms with van der Waals surface area (Å²) in [7, 11) is -3.35. The van der Waals surface area contributed by atoms with E-state index in [4.69, 9.17) is 9.15 Å². The molecule has 2 heterocycles. The van der Waals surface area contributed by atoms with Gasteiger partial charge in [0, 0.05) is 18.8 Å². The SMILES string of the molecule is Cc1ccc(-c2nc(CNS(=O)(=O)C3CCOCC3)co2)cc1. The van der Waals surface area contributed by atoms with E-state index in [0.29, 0.717) is 37.6 Å². The number of aromatic nitrogens is 1. The lowest BCUT2D eigenvalue weighted by molar-refractivity contribution is 0.0981. The average molecular weight is 336 g/mol. The highest BCUT2D eigenvalue weighted by molar-refractivity contribution is 7.90. The van der Waals surface area contributed by atoms with Gasteiger partial charge in [0.15, 0.2) is 0 Å². The van der Waals surface area contributed by atoms with Crippen molar-refractivity contribution in [2.75, 3.05) is 13.2 Å². The fourth-order valence-corrected chi connectivity index (χ4v) is 3.89. The third kappa shape index (κ3) is 3.99. The van der Waals surface area contributed by atoms with Crippen LogP contribution >= 0.6 is 0 Å². The van der Waals surface area contributed by atoms with Gasteiger partial charge in [-0.2, -0.15) is 0 Å². The molecule has 7 heteroatoms. The van der Waals surface area contributed by atoms with Gasteiger partial charge in [-0.15, -0.1) is 0 Å². The Morgan fingerprint density at radius 2 is 1.91 bits per heavy atom. The first-order chi connectivity index (χ1) is 11.0. The molecule has 0 aliphatic carbocycles. The van der Waals surface area contributed by atoms with Crippen molar-refractivity contribution in [2.45, 2.75) is 31.6 Å². The first-order valence-corrected chi connectivity index (χ1v) is 9.17. The maximum atomic E-state index is 12.2. The lowest BCUT2D eigenvalue weighted by Crippen LogP contribution is -2.37. The highest BCUT2D eigenvalue weighted by Crippen LogP contribution is 2.20. The van der Waals surface area contributed by atoms with Gasteiger partial charge in [-0.05, 0) is 31.9 Å². The molecule has 1 aromatic heterocycles.